The third-order valence-electron chi connectivity index (χ3n) is 2.48. The summed E-state index contributed by atoms with van der Waals surface area (Å²) in [6.07, 6.45) is 6.34. The van der Waals surface area contributed by atoms with Crippen molar-refractivity contribution >= 4 is 33.4 Å². The van der Waals surface area contributed by atoms with E-state index < -0.39 is 0 Å². The molecule has 88 valence electrons. The molecule has 1 atom stereocenters. The Morgan fingerprint density at radius 3 is 2.65 bits per heavy atom. The van der Waals surface area contributed by atoms with Crippen molar-refractivity contribution in [3.63, 3.8) is 0 Å². The first-order chi connectivity index (χ1) is 8.15. The monoisotopic (exact) mass is 311 g/mol. The number of hydrogen-bond donors (Lipinski definition) is 1. The molecule has 0 heterocycles. The summed E-state index contributed by atoms with van der Waals surface area (Å²) < 4.78 is 0.960. The molecule has 1 N–H and O–H groups in total. The second-order valence-electron chi connectivity index (χ2n) is 3.77. The molecule has 17 heavy (non-hydrogen) atoms. The molecule has 0 aromatic heterocycles. The summed E-state index contributed by atoms with van der Waals surface area (Å²) in [5.41, 5.74) is 0.655. The van der Waals surface area contributed by atoms with Crippen LogP contribution in [0.5, 0.6) is 0 Å². The van der Waals surface area contributed by atoms with E-state index in [1.807, 2.05) is 24.3 Å². The topological polar surface area (TPSA) is 29.1 Å². The Balaban J connectivity index is 1.98. The number of carbonyl (C=O) groups is 1. The van der Waals surface area contributed by atoms with Gasteiger partial charge >= 0.3 is 0 Å². The molecule has 1 unspecified atom stereocenters. The molecule has 1 amide bonds. The lowest BCUT2D eigenvalue weighted by molar-refractivity contribution is 0.0944. The van der Waals surface area contributed by atoms with Crippen molar-refractivity contribution in [1.29, 1.82) is 0 Å². The summed E-state index contributed by atoms with van der Waals surface area (Å²) in [4.78, 5) is 11.9. The first-order valence-corrected chi connectivity index (χ1v) is 6.42. The number of allylic oxidation sites excluding steroid dienone is 2. The van der Waals surface area contributed by atoms with Gasteiger partial charge in [-0.05, 0) is 36.8 Å². The maximum Gasteiger partial charge on any atom is 0.251 e. The molecule has 0 bridgehead atoms. The van der Waals surface area contributed by atoms with E-state index in [4.69, 9.17) is 11.6 Å². The molecule has 1 aliphatic carbocycles. The van der Waals surface area contributed by atoms with Crippen LogP contribution in [-0.4, -0.2) is 11.9 Å². The number of amides is 1. The highest BCUT2D eigenvalue weighted by molar-refractivity contribution is 9.10. The van der Waals surface area contributed by atoms with E-state index >= 15 is 0 Å². The highest BCUT2D eigenvalue weighted by atomic mass is 79.9. The zero-order valence-electron chi connectivity index (χ0n) is 8.99. The minimum absolute atomic E-state index is 0.0219. The van der Waals surface area contributed by atoms with Gasteiger partial charge in [0, 0.05) is 15.1 Å². The van der Waals surface area contributed by atoms with Gasteiger partial charge in [0.2, 0.25) is 0 Å². The first kappa shape index (κ1) is 12.4. The molecule has 2 nitrogen and oxygen atoms in total. The summed E-state index contributed by atoms with van der Waals surface area (Å²) >= 11 is 9.14. The van der Waals surface area contributed by atoms with E-state index in [9.17, 15) is 4.79 Å². The molecule has 0 saturated heterocycles. The van der Waals surface area contributed by atoms with Crippen LogP contribution < -0.4 is 5.32 Å². The molecule has 2 rings (SSSR count). The maximum atomic E-state index is 11.9. The van der Waals surface area contributed by atoms with Gasteiger partial charge in [-0.15, -0.1) is 0 Å². The van der Waals surface area contributed by atoms with Gasteiger partial charge in [0.05, 0.1) is 6.04 Å². The summed E-state index contributed by atoms with van der Waals surface area (Å²) in [5.74, 6) is -0.0708. The Labute approximate surface area is 113 Å². The highest BCUT2D eigenvalue weighted by Gasteiger charge is 2.12. The Hall–Kier alpha value is -1.06. The first-order valence-electron chi connectivity index (χ1n) is 5.25. The minimum Gasteiger partial charge on any atom is -0.346 e. The summed E-state index contributed by atoms with van der Waals surface area (Å²) in [7, 11) is 0. The molecule has 1 aliphatic rings. The third-order valence-corrected chi connectivity index (χ3v) is 3.29. The Morgan fingerprint density at radius 2 is 2.06 bits per heavy atom. The molecule has 0 radical (unpaired) electrons. The van der Waals surface area contributed by atoms with Crippen LogP contribution in [0.2, 0.25) is 0 Å². The molecule has 0 aliphatic heterocycles. The van der Waals surface area contributed by atoms with Gasteiger partial charge in [-0.2, -0.15) is 0 Å². The fraction of sp³-hybridized carbons (Fsp3) is 0.154. The zero-order valence-corrected chi connectivity index (χ0v) is 11.3. The van der Waals surface area contributed by atoms with E-state index in [-0.39, 0.29) is 11.9 Å². The Morgan fingerprint density at radius 1 is 1.35 bits per heavy atom. The van der Waals surface area contributed by atoms with Crippen LogP contribution in [0.25, 0.3) is 0 Å². The molecule has 4 heteroatoms. The maximum absolute atomic E-state index is 11.9. The lowest BCUT2D eigenvalue weighted by Crippen LogP contribution is -2.33. The zero-order chi connectivity index (χ0) is 12.3. The third kappa shape index (κ3) is 3.45. The van der Waals surface area contributed by atoms with Crippen LogP contribution in [0.1, 0.15) is 16.8 Å². The number of hydrogen-bond acceptors (Lipinski definition) is 1. The number of rotatable bonds is 2. The van der Waals surface area contributed by atoms with Crippen LogP contribution in [0.3, 0.4) is 0 Å². The molecular weight excluding hydrogens is 302 g/mol. The summed E-state index contributed by atoms with van der Waals surface area (Å²) in [5, 5.41) is 3.65. The van der Waals surface area contributed by atoms with Crippen LogP contribution in [0.4, 0.5) is 0 Å². The molecule has 0 spiro atoms. The standard InChI is InChI=1S/C13H11BrClNO/c14-10-3-1-9(2-4-10)13(17)16-12-7-5-11(15)6-8-12/h1-7,12H,8H2,(H,16,17). The second-order valence-corrected chi connectivity index (χ2v) is 5.12. The number of benzene rings is 1. The van der Waals surface area contributed by atoms with Gasteiger partial charge in [-0.25, -0.2) is 0 Å². The largest absolute Gasteiger partial charge is 0.346 e. The van der Waals surface area contributed by atoms with Crippen LogP contribution in [-0.2, 0) is 0 Å². The van der Waals surface area contributed by atoms with E-state index in [1.54, 1.807) is 18.2 Å². The van der Waals surface area contributed by atoms with Gasteiger partial charge in [0.25, 0.3) is 5.91 Å². The SMILES string of the molecule is O=C(NC1C=CC(Cl)=CC1)c1ccc(Br)cc1. The van der Waals surface area contributed by atoms with Crippen molar-refractivity contribution in [2.75, 3.05) is 0 Å². The lowest BCUT2D eigenvalue weighted by Gasteiger charge is -2.16. The Bertz CT molecular complexity index is 479. The predicted octanol–water partition coefficient (Wildman–Crippen LogP) is 3.63. The van der Waals surface area contributed by atoms with E-state index in [0.29, 0.717) is 5.56 Å². The van der Waals surface area contributed by atoms with Gasteiger partial charge in [-0.1, -0.05) is 39.7 Å². The second kappa shape index (κ2) is 5.52. The molecule has 1 aromatic carbocycles. The van der Waals surface area contributed by atoms with Gasteiger partial charge in [0.15, 0.2) is 0 Å². The summed E-state index contributed by atoms with van der Waals surface area (Å²) in [6.45, 7) is 0. The quantitative estimate of drug-likeness (QED) is 0.887. The van der Waals surface area contributed by atoms with Crippen molar-refractivity contribution in [2.45, 2.75) is 12.5 Å². The van der Waals surface area contributed by atoms with Crippen molar-refractivity contribution < 1.29 is 4.79 Å². The lowest BCUT2D eigenvalue weighted by atomic mass is 10.1. The minimum atomic E-state index is -0.0708. The average molecular weight is 313 g/mol. The van der Waals surface area contributed by atoms with E-state index in [1.165, 1.54) is 0 Å². The Kier molecular flexibility index (Phi) is 4.02. The van der Waals surface area contributed by atoms with Gasteiger partial charge in [0.1, 0.15) is 0 Å². The van der Waals surface area contributed by atoms with E-state index in [0.717, 1.165) is 15.9 Å². The normalized spacial score (nSPS) is 18.7. The molecule has 0 saturated carbocycles. The fourth-order valence-corrected chi connectivity index (χ4v) is 1.98. The van der Waals surface area contributed by atoms with Crippen molar-refractivity contribution in [3.8, 4) is 0 Å². The summed E-state index contributed by atoms with van der Waals surface area (Å²) in [6, 6.07) is 7.29. The van der Waals surface area contributed by atoms with Crippen LogP contribution in [0.15, 0.2) is 52.0 Å². The number of carbonyl (C=O) groups excluding carboxylic acids is 1. The molecule has 0 fully saturated rings. The van der Waals surface area contributed by atoms with Crippen molar-refractivity contribution in [2.24, 2.45) is 0 Å². The van der Waals surface area contributed by atoms with Crippen molar-refractivity contribution in [1.82, 2.24) is 5.32 Å². The fourth-order valence-electron chi connectivity index (χ4n) is 1.55. The predicted molar refractivity (Wildman–Crippen MR) is 73.1 cm³/mol. The molecule has 1 aromatic rings. The number of halogens is 2. The van der Waals surface area contributed by atoms with Gasteiger partial charge in [-0.3, -0.25) is 4.79 Å². The molecular formula is C13H11BrClNO. The van der Waals surface area contributed by atoms with E-state index in [2.05, 4.69) is 21.2 Å². The van der Waals surface area contributed by atoms with Crippen molar-refractivity contribution in [3.05, 3.63) is 57.6 Å². The average Bonchev–Trinajstić information content (AvgIpc) is 2.33. The van der Waals surface area contributed by atoms with Crippen LogP contribution in [0, 0.1) is 0 Å². The van der Waals surface area contributed by atoms with Gasteiger partial charge < -0.3 is 5.32 Å². The van der Waals surface area contributed by atoms with Crippen LogP contribution >= 0.6 is 27.5 Å². The highest BCUT2D eigenvalue weighted by Crippen LogP contribution is 2.15. The number of nitrogens with one attached hydrogen (secondary N) is 1. The smallest absolute Gasteiger partial charge is 0.251 e.